The molecule has 0 radical (unpaired) electrons. The molecular formula is C22H25BrN4O2. The number of benzene rings is 1. The molecule has 0 bridgehead atoms. The van der Waals surface area contributed by atoms with Gasteiger partial charge in [-0.05, 0) is 50.6 Å². The molecule has 29 heavy (non-hydrogen) atoms. The summed E-state index contributed by atoms with van der Waals surface area (Å²) < 4.78 is 3.02. The smallest absolute Gasteiger partial charge is 0.234 e. The van der Waals surface area contributed by atoms with Gasteiger partial charge in [-0.3, -0.25) is 14.6 Å². The van der Waals surface area contributed by atoms with Crippen LogP contribution in [0.5, 0.6) is 0 Å². The van der Waals surface area contributed by atoms with Crippen LogP contribution in [0, 0.1) is 0 Å². The van der Waals surface area contributed by atoms with Crippen LogP contribution in [0.25, 0.3) is 11.3 Å². The molecule has 0 spiro atoms. The number of hydrogen-bond acceptors (Lipinski definition) is 4. The number of halogens is 1. The molecule has 1 atom stereocenters. The van der Waals surface area contributed by atoms with Crippen LogP contribution in [-0.2, 0) is 23.1 Å². The summed E-state index contributed by atoms with van der Waals surface area (Å²) in [5.74, 6) is 0.727. The fourth-order valence-electron chi connectivity index (χ4n) is 3.11. The van der Waals surface area contributed by atoms with Crippen molar-refractivity contribution in [1.29, 1.82) is 0 Å². The minimum atomic E-state index is -0.525. The van der Waals surface area contributed by atoms with E-state index in [0.29, 0.717) is 12.8 Å². The molecule has 6 nitrogen and oxygen atoms in total. The van der Waals surface area contributed by atoms with E-state index in [1.165, 1.54) is 5.06 Å². The van der Waals surface area contributed by atoms with Crippen LogP contribution in [0.1, 0.15) is 38.3 Å². The van der Waals surface area contributed by atoms with Gasteiger partial charge in [0.2, 0.25) is 6.41 Å². The second-order valence-corrected chi connectivity index (χ2v) is 8.69. The Hall–Kier alpha value is -2.51. The molecule has 152 valence electrons. The predicted octanol–water partition coefficient (Wildman–Crippen LogP) is 4.72. The molecule has 0 aliphatic rings. The zero-order valence-corrected chi connectivity index (χ0v) is 18.6. The summed E-state index contributed by atoms with van der Waals surface area (Å²) in [4.78, 5) is 27.0. The van der Waals surface area contributed by atoms with Crippen LogP contribution >= 0.6 is 15.9 Å². The summed E-state index contributed by atoms with van der Waals surface area (Å²) in [6, 6.07) is 13.4. The summed E-state index contributed by atoms with van der Waals surface area (Å²) >= 11 is 3.47. The van der Waals surface area contributed by atoms with Crippen molar-refractivity contribution in [2.75, 3.05) is 0 Å². The van der Waals surface area contributed by atoms with E-state index in [-0.39, 0.29) is 0 Å². The standard InChI is InChI=1S/C22H25BrN4O2/c1-22(2,3)29-27(15-28)19(13-18-7-5-6-12-24-18)21-25-14-20(26(21)4)16-8-10-17(23)11-9-16/h5-12,14-15,19H,13H2,1-4H3. The van der Waals surface area contributed by atoms with E-state index >= 15 is 0 Å². The first-order chi connectivity index (χ1) is 13.8. The summed E-state index contributed by atoms with van der Waals surface area (Å²) in [6.07, 6.45) is 4.77. The quantitative estimate of drug-likeness (QED) is 0.381. The van der Waals surface area contributed by atoms with Crippen molar-refractivity contribution in [2.45, 2.75) is 38.8 Å². The minimum Gasteiger partial charge on any atom is -0.329 e. The molecule has 2 heterocycles. The highest BCUT2D eigenvalue weighted by Gasteiger charge is 2.29. The van der Waals surface area contributed by atoms with Crippen LogP contribution < -0.4 is 0 Å². The Morgan fingerprint density at radius 2 is 1.90 bits per heavy atom. The third-order valence-electron chi connectivity index (χ3n) is 4.38. The number of hydroxylamine groups is 2. The van der Waals surface area contributed by atoms with Crippen molar-refractivity contribution >= 4 is 22.3 Å². The van der Waals surface area contributed by atoms with E-state index in [4.69, 9.17) is 4.84 Å². The van der Waals surface area contributed by atoms with Gasteiger partial charge in [0.25, 0.3) is 0 Å². The monoisotopic (exact) mass is 456 g/mol. The molecule has 0 aliphatic carbocycles. The van der Waals surface area contributed by atoms with Gasteiger partial charge in [0.1, 0.15) is 11.9 Å². The van der Waals surface area contributed by atoms with Crippen molar-refractivity contribution in [3.05, 3.63) is 70.8 Å². The van der Waals surface area contributed by atoms with E-state index in [1.807, 2.05) is 81.0 Å². The normalized spacial score (nSPS) is 12.6. The first kappa shape index (κ1) is 21.2. The lowest BCUT2D eigenvalue weighted by Crippen LogP contribution is -2.38. The fraction of sp³-hybridized carbons (Fsp3) is 0.318. The zero-order valence-electron chi connectivity index (χ0n) is 17.0. The highest BCUT2D eigenvalue weighted by atomic mass is 79.9. The van der Waals surface area contributed by atoms with Gasteiger partial charge in [-0.2, -0.15) is 0 Å². The summed E-state index contributed by atoms with van der Waals surface area (Å²) in [5.41, 5.74) is 2.33. The van der Waals surface area contributed by atoms with Gasteiger partial charge in [-0.1, -0.05) is 34.1 Å². The second-order valence-electron chi connectivity index (χ2n) is 7.78. The number of carbonyl (C=O) groups excluding carboxylic acids is 1. The van der Waals surface area contributed by atoms with E-state index in [1.54, 1.807) is 6.20 Å². The lowest BCUT2D eigenvalue weighted by Gasteiger charge is -2.32. The second kappa shape index (κ2) is 8.88. The first-order valence-corrected chi connectivity index (χ1v) is 10.2. The molecule has 3 rings (SSSR count). The topological polar surface area (TPSA) is 60.2 Å². The number of imidazole rings is 1. The third kappa shape index (κ3) is 5.31. The lowest BCUT2D eigenvalue weighted by molar-refractivity contribution is -0.235. The number of rotatable bonds is 7. The van der Waals surface area contributed by atoms with Gasteiger partial charge in [0.05, 0.1) is 17.5 Å². The maximum absolute atomic E-state index is 12.0. The van der Waals surface area contributed by atoms with Crippen LogP contribution in [-0.4, -0.2) is 31.6 Å². The van der Waals surface area contributed by atoms with Gasteiger partial charge < -0.3 is 4.57 Å². The molecule has 2 aromatic heterocycles. The molecule has 1 amide bonds. The zero-order chi connectivity index (χ0) is 21.0. The van der Waals surface area contributed by atoms with Gasteiger partial charge in [-0.25, -0.2) is 10.0 Å². The first-order valence-electron chi connectivity index (χ1n) is 9.39. The van der Waals surface area contributed by atoms with Crippen molar-refractivity contribution in [3.63, 3.8) is 0 Å². The van der Waals surface area contributed by atoms with Crippen LogP contribution in [0.4, 0.5) is 0 Å². The number of amides is 1. The highest BCUT2D eigenvalue weighted by Crippen LogP contribution is 2.29. The van der Waals surface area contributed by atoms with Gasteiger partial charge in [-0.15, -0.1) is 0 Å². The molecule has 1 unspecified atom stereocenters. The molecule has 0 saturated carbocycles. The Morgan fingerprint density at radius 3 is 2.48 bits per heavy atom. The van der Waals surface area contributed by atoms with Crippen molar-refractivity contribution < 1.29 is 9.63 Å². The van der Waals surface area contributed by atoms with Crippen molar-refractivity contribution in [3.8, 4) is 11.3 Å². The van der Waals surface area contributed by atoms with E-state index in [2.05, 4.69) is 25.9 Å². The van der Waals surface area contributed by atoms with E-state index in [9.17, 15) is 4.79 Å². The Morgan fingerprint density at radius 1 is 1.17 bits per heavy atom. The number of nitrogens with zero attached hydrogens (tertiary/aromatic N) is 4. The predicted molar refractivity (Wildman–Crippen MR) is 116 cm³/mol. The number of aromatic nitrogens is 3. The Balaban J connectivity index is 2.01. The summed E-state index contributed by atoms with van der Waals surface area (Å²) in [7, 11) is 1.95. The summed E-state index contributed by atoms with van der Waals surface area (Å²) in [6.45, 7) is 5.73. The van der Waals surface area contributed by atoms with E-state index < -0.39 is 11.6 Å². The average molecular weight is 457 g/mol. The number of hydrogen-bond donors (Lipinski definition) is 0. The maximum atomic E-state index is 12.0. The Kier molecular flexibility index (Phi) is 6.49. The Labute approximate surface area is 179 Å². The highest BCUT2D eigenvalue weighted by molar-refractivity contribution is 9.10. The molecular weight excluding hydrogens is 432 g/mol. The third-order valence-corrected chi connectivity index (χ3v) is 4.91. The molecule has 0 fully saturated rings. The molecule has 3 aromatic rings. The minimum absolute atomic E-state index is 0.421. The molecule has 0 aliphatic heterocycles. The van der Waals surface area contributed by atoms with Crippen molar-refractivity contribution in [2.24, 2.45) is 7.05 Å². The molecule has 0 saturated heterocycles. The van der Waals surface area contributed by atoms with Gasteiger partial charge >= 0.3 is 0 Å². The van der Waals surface area contributed by atoms with Gasteiger partial charge in [0, 0.05) is 29.8 Å². The number of carbonyl (C=O) groups is 1. The summed E-state index contributed by atoms with van der Waals surface area (Å²) in [5, 5.41) is 1.35. The lowest BCUT2D eigenvalue weighted by atomic mass is 10.1. The van der Waals surface area contributed by atoms with Crippen LogP contribution in [0.2, 0.25) is 0 Å². The Bertz CT molecular complexity index is 949. The molecule has 0 N–H and O–H groups in total. The SMILES string of the molecule is Cn1c(-c2ccc(Br)cc2)cnc1C(Cc1ccccn1)N(C=O)OC(C)(C)C. The fourth-order valence-corrected chi connectivity index (χ4v) is 3.37. The largest absolute Gasteiger partial charge is 0.329 e. The maximum Gasteiger partial charge on any atom is 0.234 e. The van der Waals surface area contributed by atoms with Crippen molar-refractivity contribution in [1.82, 2.24) is 19.6 Å². The van der Waals surface area contributed by atoms with E-state index in [0.717, 1.165) is 27.2 Å². The molecule has 7 heteroatoms. The van der Waals surface area contributed by atoms with Gasteiger partial charge in [0.15, 0.2) is 0 Å². The van der Waals surface area contributed by atoms with Crippen LogP contribution in [0.3, 0.4) is 0 Å². The molecule has 1 aromatic carbocycles. The van der Waals surface area contributed by atoms with Crippen LogP contribution in [0.15, 0.2) is 59.3 Å². The average Bonchev–Trinajstić information content (AvgIpc) is 3.06. The number of pyridine rings is 1.